The first-order valence-corrected chi connectivity index (χ1v) is 5.95. The summed E-state index contributed by atoms with van der Waals surface area (Å²) in [5.41, 5.74) is 0.909. The summed E-state index contributed by atoms with van der Waals surface area (Å²) in [6, 6.07) is 3.70. The summed E-state index contributed by atoms with van der Waals surface area (Å²) in [6.45, 7) is 1.84. The summed E-state index contributed by atoms with van der Waals surface area (Å²) in [5.74, 6) is 2.10. The minimum Gasteiger partial charge on any atom is -0.494 e. The molecule has 1 rings (SSSR count). The van der Waals surface area contributed by atoms with Gasteiger partial charge in [0.25, 0.3) is 0 Å². The van der Waals surface area contributed by atoms with Crippen molar-refractivity contribution in [1.29, 1.82) is 0 Å². The van der Waals surface area contributed by atoms with Crippen LogP contribution in [0.3, 0.4) is 0 Å². The zero-order valence-electron chi connectivity index (χ0n) is 11.5. The normalized spacial score (nSPS) is 10.0. The van der Waals surface area contributed by atoms with Crippen molar-refractivity contribution in [1.82, 2.24) is 5.32 Å². The Bertz CT molecular complexity index is 369. The lowest BCUT2D eigenvalue weighted by atomic mass is 10.2. The van der Waals surface area contributed by atoms with Crippen LogP contribution in [0, 0.1) is 0 Å². The molecular weight excluding hydrogens is 232 g/mol. The maximum atomic E-state index is 5.33. The highest BCUT2D eigenvalue weighted by atomic mass is 16.5. The van der Waals surface area contributed by atoms with E-state index in [-0.39, 0.29) is 0 Å². The second-order valence-electron chi connectivity index (χ2n) is 3.79. The maximum Gasteiger partial charge on any atom is 0.164 e. The Morgan fingerprint density at radius 3 is 2.06 bits per heavy atom. The number of methoxy groups -OCH3 is 3. The third-order valence-corrected chi connectivity index (χ3v) is 2.62. The van der Waals surface area contributed by atoms with Gasteiger partial charge < -0.3 is 24.8 Å². The minimum absolute atomic E-state index is 0.662. The summed E-state index contributed by atoms with van der Waals surface area (Å²) in [6.07, 6.45) is 1.04. The topological polar surface area (TPSA) is 51.8 Å². The van der Waals surface area contributed by atoms with Crippen molar-refractivity contribution in [3.63, 3.8) is 0 Å². The van der Waals surface area contributed by atoms with Crippen molar-refractivity contribution in [2.45, 2.75) is 6.42 Å². The van der Waals surface area contributed by atoms with Gasteiger partial charge in [0.15, 0.2) is 11.5 Å². The van der Waals surface area contributed by atoms with E-state index in [0.29, 0.717) is 11.5 Å². The van der Waals surface area contributed by atoms with E-state index in [1.165, 1.54) is 0 Å². The first-order valence-electron chi connectivity index (χ1n) is 5.95. The van der Waals surface area contributed by atoms with Crippen molar-refractivity contribution in [2.24, 2.45) is 0 Å². The second-order valence-corrected chi connectivity index (χ2v) is 3.79. The van der Waals surface area contributed by atoms with Gasteiger partial charge in [-0.1, -0.05) is 0 Å². The Kier molecular flexibility index (Phi) is 6.14. The van der Waals surface area contributed by atoms with Crippen molar-refractivity contribution in [3.05, 3.63) is 12.1 Å². The molecular formula is C13H22N2O3. The van der Waals surface area contributed by atoms with E-state index < -0.39 is 0 Å². The van der Waals surface area contributed by atoms with Crippen LogP contribution in [0.5, 0.6) is 17.2 Å². The molecule has 0 amide bonds. The molecule has 0 radical (unpaired) electrons. The smallest absolute Gasteiger partial charge is 0.164 e. The van der Waals surface area contributed by atoms with Gasteiger partial charge in [0.1, 0.15) is 5.75 Å². The molecule has 0 heterocycles. The number of hydrogen-bond donors (Lipinski definition) is 2. The van der Waals surface area contributed by atoms with E-state index in [0.717, 1.165) is 30.9 Å². The van der Waals surface area contributed by atoms with Crippen LogP contribution in [0.2, 0.25) is 0 Å². The number of ether oxygens (including phenoxy) is 3. The van der Waals surface area contributed by atoms with Gasteiger partial charge >= 0.3 is 0 Å². The molecule has 0 saturated carbocycles. The van der Waals surface area contributed by atoms with Gasteiger partial charge in [0, 0.05) is 18.7 Å². The predicted octanol–water partition coefficient (Wildman–Crippen LogP) is 1.73. The van der Waals surface area contributed by atoms with E-state index in [9.17, 15) is 0 Å². The Hall–Kier alpha value is -1.62. The average Bonchev–Trinajstić information content (AvgIpc) is 2.42. The van der Waals surface area contributed by atoms with Crippen molar-refractivity contribution in [3.8, 4) is 17.2 Å². The van der Waals surface area contributed by atoms with Crippen LogP contribution >= 0.6 is 0 Å². The maximum absolute atomic E-state index is 5.33. The van der Waals surface area contributed by atoms with Gasteiger partial charge in [-0.2, -0.15) is 0 Å². The van der Waals surface area contributed by atoms with Crippen LogP contribution in [0.1, 0.15) is 6.42 Å². The lowest BCUT2D eigenvalue weighted by molar-refractivity contribution is 0.349. The molecule has 5 nitrogen and oxygen atoms in total. The van der Waals surface area contributed by atoms with Crippen LogP contribution in [0.15, 0.2) is 12.1 Å². The Morgan fingerprint density at radius 1 is 0.889 bits per heavy atom. The highest BCUT2D eigenvalue weighted by molar-refractivity contribution is 5.64. The Morgan fingerprint density at radius 2 is 1.50 bits per heavy atom. The molecule has 0 atom stereocenters. The molecule has 18 heavy (non-hydrogen) atoms. The molecule has 2 N–H and O–H groups in total. The van der Waals surface area contributed by atoms with Crippen LogP contribution in [0.4, 0.5) is 5.69 Å². The number of nitrogens with one attached hydrogen (secondary N) is 2. The number of anilines is 1. The van der Waals surface area contributed by atoms with Gasteiger partial charge in [0.05, 0.1) is 27.0 Å². The number of hydrogen-bond acceptors (Lipinski definition) is 5. The molecule has 0 aromatic heterocycles. The molecule has 1 aromatic rings. The quantitative estimate of drug-likeness (QED) is 0.692. The molecule has 0 spiro atoms. The fraction of sp³-hybridized carbons (Fsp3) is 0.538. The van der Waals surface area contributed by atoms with Crippen LogP contribution < -0.4 is 24.8 Å². The van der Waals surface area contributed by atoms with Crippen molar-refractivity contribution < 1.29 is 14.2 Å². The number of benzene rings is 1. The summed E-state index contributed by atoms with van der Waals surface area (Å²) in [7, 11) is 6.81. The van der Waals surface area contributed by atoms with Crippen LogP contribution in [0.25, 0.3) is 0 Å². The van der Waals surface area contributed by atoms with E-state index >= 15 is 0 Å². The van der Waals surface area contributed by atoms with E-state index in [1.54, 1.807) is 21.3 Å². The first kappa shape index (κ1) is 14.4. The molecule has 102 valence electrons. The van der Waals surface area contributed by atoms with E-state index in [4.69, 9.17) is 14.2 Å². The average molecular weight is 254 g/mol. The molecule has 1 aromatic carbocycles. The van der Waals surface area contributed by atoms with Gasteiger partial charge in [-0.3, -0.25) is 0 Å². The van der Waals surface area contributed by atoms with Crippen LogP contribution in [-0.2, 0) is 0 Å². The standard InChI is InChI=1S/C13H22N2O3/c1-14-6-5-7-15-10-8-12(17-3)13(18-4)9-11(10)16-2/h8-9,14-15H,5-7H2,1-4H3. The predicted molar refractivity (Wildman–Crippen MR) is 73.1 cm³/mol. The molecule has 0 aliphatic carbocycles. The van der Waals surface area contributed by atoms with Gasteiger partial charge in [-0.15, -0.1) is 0 Å². The highest BCUT2D eigenvalue weighted by Crippen LogP contribution is 2.37. The van der Waals surface area contributed by atoms with Gasteiger partial charge in [-0.25, -0.2) is 0 Å². The van der Waals surface area contributed by atoms with Crippen molar-refractivity contribution in [2.75, 3.05) is 46.8 Å². The Labute approximate surface area is 108 Å². The molecule has 0 fully saturated rings. The molecule has 0 unspecified atom stereocenters. The Balaban J connectivity index is 2.81. The molecule has 5 heteroatoms. The van der Waals surface area contributed by atoms with E-state index in [1.807, 2.05) is 19.2 Å². The zero-order valence-corrected chi connectivity index (χ0v) is 11.5. The molecule has 0 saturated heterocycles. The van der Waals surface area contributed by atoms with E-state index in [2.05, 4.69) is 10.6 Å². The fourth-order valence-electron chi connectivity index (χ4n) is 1.66. The molecule has 0 aliphatic rings. The largest absolute Gasteiger partial charge is 0.494 e. The van der Waals surface area contributed by atoms with Crippen molar-refractivity contribution >= 4 is 5.69 Å². The number of rotatable bonds is 8. The first-order chi connectivity index (χ1) is 8.76. The third-order valence-electron chi connectivity index (χ3n) is 2.62. The SMILES string of the molecule is CNCCCNc1cc(OC)c(OC)cc1OC. The third kappa shape index (κ3) is 3.70. The van der Waals surface area contributed by atoms with Gasteiger partial charge in [-0.05, 0) is 20.0 Å². The highest BCUT2D eigenvalue weighted by Gasteiger charge is 2.11. The van der Waals surface area contributed by atoms with Crippen LogP contribution in [-0.4, -0.2) is 41.5 Å². The lowest BCUT2D eigenvalue weighted by Crippen LogP contribution is -2.13. The summed E-state index contributed by atoms with van der Waals surface area (Å²) in [4.78, 5) is 0. The van der Waals surface area contributed by atoms with Gasteiger partial charge in [0.2, 0.25) is 0 Å². The summed E-state index contributed by atoms with van der Waals surface area (Å²) >= 11 is 0. The lowest BCUT2D eigenvalue weighted by Gasteiger charge is -2.15. The molecule has 0 bridgehead atoms. The summed E-state index contributed by atoms with van der Waals surface area (Å²) < 4.78 is 15.8. The fourth-order valence-corrected chi connectivity index (χ4v) is 1.66. The monoisotopic (exact) mass is 254 g/mol. The minimum atomic E-state index is 0.662. The summed E-state index contributed by atoms with van der Waals surface area (Å²) in [5, 5.41) is 6.43. The molecule has 0 aliphatic heterocycles. The zero-order chi connectivity index (χ0) is 13.4. The second kappa shape index (κ2) is 7.66.